The summed E-state index contributed by atoms with van der Waals surface area (Å²) in [5.41, 5.74) is -1.08. The van der Waals surface area contributed by atoms with E-state index in [1.165, 1.54) is 39.2 Å². The van der Waals surface area contributed by atoms with Crippen molar-refractivity contribution in [1.29, 1.82) is 0 Å². The van der Waals surface area contributed by atoms with E-state index in [1.54, 1.807) is 18.7 Å². The predicted octanol–water partition coefficient (Wildman–Crippen LogP) is 1.91. The van der Waals surface area contributed by atoms with E-state index < -0.39 is 11.5 Å². The van der Waals surface area contributed by atoms with Crippen molar-refractivity contribution in [1.82, 2.24) is 10.2 Å². The van der Waals surface area contributed by atoms with Crippen LogP contribution in [-0.4, -0.2) is 54.4 Å². The van der Waals surface area contributed by atoms with Crippen LogP contribution in [0, 0.1) is 5.92 Å². The minimum Gasteiger partial charge on any atom is -0.467 e. The number of urea groups is 1. The fraction of sp³-hybridized carbons (Fsp3) is 0.875. The van der Waals surface area contributed by atoms with Gasteiger partial charge in [-0.3, -0.25) is 0 Å². The Balaban J connectivity index is 2.53. The number of aliphatic hydroxyl groups excluding tert-OH is 1. The highest BCUT2D eigenvalue weighted by atomic mass is 16.5. The maximum absolute atomic E-state index is 12.3. The second kappa shape index (κ2) is 8.98. The molecule has 0 bridgehead atoms. The second-order valence-electron chi connectivity index (χ2n) is 6.55. The van der Waals surface area contributed by atoms with E-state index in [1.807, 2.05) is 0 Å². The van der Waals surface area contributed by atoms with Gasteiger partial charge in [0, 0.05) is 13.1 Å². The topological polar surface area (TPSA) is 78.9 Å². The van der Waals surface area contributed by atoms with Gasteiger partial charge in [0.25, 0.3) is 0 Å². The van der Waals surface area contributed by atoms with Gasteiger partial charge in [-0.1, -0.05) is 32.1 Å². The lowest BCUT2D eigenvalue weighted by Gasteiger charge is -2.30. The quantitative estimate of drug-likeness (QED) is 0.704. The van der Waals surface area contributed by atoms with Gasteiger partial charge in [0.1, 0.15) is 5.54 Å². The Morgan fingerprint density at radius 2 is 1.86 bits per heavy atom. The number of aliphatic hydroxyl groups is 1. The molecule has 2 N–H and O–H groups in total. The summed E-state index contributed by atoms with van der Waals surface area (Å²) in [6, 6.07) is -0.333. The number of hydrogen-bond donors (Lipinski definition) is 2. The van der Waals surface area contributed by atoms with Crippen LogP contribution in [0.1, 0.15) is 52.4 Å². The molecule has 0 heterocycles. The number of rotatable bonds is 7. The van der Waals surface area contributed by atoms with Crippen LogP contribution in [0.5, 0.6) is 0 Å². The van der Waals surface area contributed by atoms with Gasteiger partial charge >= 0.3 is 12.0 Å². The monoisotopic (exact) mass is 314 g/mol. The molecule has 1 saturated carbocycles. The third-order valence-electron chi connectivity index (χ3n) is 4.30. The van der Waals surface area contributed by atoms with Crippen molar-refractivity contribution in [2.75, 3.05) is 26.8 Å². The van der Waals surface area contributed by atoms with Crippen LogP contribution in [0.25, 0.3) is 0 Å². The molecule has 1 aliphatic carbocycles. The minimum absolute atomic E-state index is 0.0866. The zero-order chi connectivity index (χ0) is 16.6. The average Bonchev–Trinajstić information content (AvgIpc) is 2.50. The van der Waals surface area contributed by atoms with Gasteiger partial charge in [-0.25, -0.2) is 9.59 Å². The van der Waals surface area contributed by atoms with Gasteiger partial charge in [0.2, 0.25) is 0 Å². The number of esters is 1. The predicted molar refractivity (Wildman–Crippen MR) is 84.5 cm³/mol. The van der Waals surface area contributed by atoms with Crippen molar-refractivity contribution in [3.8, 4) is 0 Å². The fourth-order valence-corrected chi connectivity index (χ4v) is 2.90. The molecule has 0 spiro atoms. The first-order valence-corrected chi connectivity index (χ1v) is 8.17. The number of hydrogen-bond acceptors (Lipinski definition) is 4. The maximum atomic E-state index is 12.3. The molecule has 1 rings (SSSR count). The normalized spacial score (nSPS) is 16.2. The first-order valence-electron chi connectivity index (χ1n) is 8.17. The van der Waals surface area contributed by atoms with Gasteiger partial charge < -0.3 is 20.1 Å². The zero-order valence-electron chi connectivity index (χ0n) is 14.1. The molecule has 0 aromatic carbocycles. The number of nitrogens with one attached hydrogen (secondary N) is 1. The van der Waals surface area contributed by atoms with Crippen LogP contribution >= 0.6 is 0 Å². The van der Waals surface area contributed by atoms with E-state index >= 15 is 0 Å². The fourth-order valence-electron chi connectivity index (χ4n) is 2.90. The molecule has 0 radical (unpaired) electrons. The lowest BCUT2D eigenvalue weighted by Crippen LogP contribution is -2.55. The summed E-state index contributed by atoms with van der Waals surface area (Å²) < 4.78 is 4.69. The highest BCUT2D eigenvalue weighted by Crippen LogP contribution is 2.26. The van der Waals surface area contributed by atoms with Crippen molar-refractivity contribution >= 4 is 12.0 Å². The molecule has 2 amide bonds. The molecule has 0 aromatic heterocycles. The minimum atomic E-state index is -1.08. The highest BCUT2D eigenvalue weighted by molar-refractivity contribution is 5.86. The van der Waals surface area contributed by atoms with E-state index in [0.29, 0.717) is 12.5 Å². The van der Waals surface area contributed by atoms with E-state index in [-0.39, 0.29) is 19.2 Å². The molecule has 128 valence electrons. The van der Waals surface area contributed by atoms with Gasteiger partial charge in [-0.05, 0) is 26.2 Å². The van der Waals surface area contributed by atoms with Crippen LogP contribution in [0.4, 0.5) is 4.79 Å². The second-order valence-corrected chi connectivity index (χ2v) is 6.55. The van der Waals surface area contributed by atoms with Crippen LogP contribution in [0.3, 0.4) is 0 Å². The summed E-state index contributed by atoms with van der Waals surface area (Å²) in [7, 11) is 1.30. The van der Waals surface area contributed by atoms with E-state index in [9.17, 15) is 9.59 Å². The van der Waals surface area contributed by atoms with E-state index in [2.05, 4.69) is 10.1 Å². The van der Waals surface area contributed by atoms with Crippen molar-refractivity contribution in [2.24, 2.45) is 5.92 Å². The lowest BCUT2D eigenvalue weighted by molar-refractivity contribution is -0.146. The summed E-state index contributed by atoms with van der Waals surface area (Å²) in [6.45, 7) is 4.00. The molecular formula is C16H30N2O4. The molecular weight excluding hydrogens is 284 g/mol. The van der Waals surface area contributed by atoms with Crippen molar-refractivity contribution in [2.45, 2.75) is 57.9 Å². The van der Waals surface area contributed by atoms with Gasteiger partial charge in [0.15, 0.2) is 0 Å². The van der Waals surface area contributed by atoms with Gasteiger partial charge in [-0.15, -0.1) is 0 Å². The third kappa shape index (κ3) is 5.83. The molecule has 0 saturated heterocycles. The summed E-state index contributed by atoms with van der Waals surface area (Å²) in [4.78, 5) is 25.6. The van der Waals surface area contributed by atoms with E-state index in [0.717, 1.165) is 6.42 Å². The Bertz CT molecular complexity index is 365. The SMILES string of the molecule is COC(=O)C(C)(C)NC(=O)N(CCO)CCC1CCCCC1. The Morgan fingerprint density at radius 1 is 1.23 bits per heavy atom. The smallest absolute Gasteiger partial charge is 0.331 e. The number of nitrogens with zero attached hydrogens (tertiary/aromatic N) is 1. The molecule has 0 unspecified atom stereocenters. The van der Waals surface area contributed by atoms with E-state index in [4.69, 9.17) is 5.11 Å². The molecule has 22 heavy (non-hydrogen) atoms. The number of amides is 2. The number of carbonyl (C=O) groups is 2. The largest absolute Gasteiger partial charge is 0.467 e. The zero-order valence-corrected chi connectivity index (χ0v) is 14.1. The number of ether oxygens (including phenoxy) is 1. The average molecular weight is 314 g/mol. The van der Waals surface area contributed by atoms with Crippen molar-refractivity contribution in [3.05, 3.63) is 0 Å². The molecule has 0 aromatic rings. The number of methoxy groups -OCH3 is 1. The maximum Gasteiger partial charge on any atom is 0.331 e. The standard InChI is InChI=1S/C16H30N2O4/c1-16(2,14(20)22-3)17-15(21)18(11-12-19)10-9-13-7-5-4-6-8-13/h13,19H,4-12H2,1-3H3,(H,17,21). The molecule has 6 nitrogen and oxygen atoms in total. The van der Waals surface area contributed by atoms with Crippen LogP contribution in [0.15, 0.2) is 0 Å². The third-order valence-corrected chi connectivity index (χ3v) is 4.30. The number of carbonyl (C=O) groups excluding carboxylic acids is 2. The summed E-state index contributed by atoms with van der Waals surface area (Å²) in [5, 5.41) is 11.8. The molecule has 1 fully saturated rings. The first-order chi connectivity index (χ1) is 10.4. The molecule has 0 aliphatic heterocycles. The Morgan fingerprint density at radius 3 is 2.41 bits per heavy atom. The summed E-state index contributed by atoms with van der Waals surface area (Å²) in [5.74, 6) is 0.174. The molecule has 0 atom stereocenters. The molecule has 1 aliphatic rings. The van der Waals surface area contributed by atoms with Crippen LogP contribution in [-0.2, 0) is 9.53 Å². The van der Waals surface area contributed by atoms with Crippen molar-refractivity contribution < 1.29 is 19.4 Å². The first kappa shape index (κ1) is 18.7. The van der Waals surface area contributed by atoms with Crippen molar-refractivity contribution in [3.63, 3.8) is 0 Å². The Labute approximate surface area is 133 Å². The Hall–Kier alpha value is -1.30. The summed E-state index contributed by atoms with van der Waals surface area (Å²) in [6.07, 6.45) is 7.25. The Kier molecular flexibility index (Phi) is 7.65. The lowest BCUT2D eigenvalue weighted by atomic mass is 9.87. The van der Waals surface area contributed by atoms with Crippen LogP contribution in [0.2, 0.25) is 0 Å². The molecule has 6 heteroatoms. The van der Waals surface area contributed by atoms with Gasteiger partial charge in [-0.2, -0.15) is 0 Å². The highest BCUT2D eigenvalue weighted by Gasteiger charge is 2.32. The van der Waals surface area contributed by atoms with Gasteiger partial charge in [0.05, 0.1) is 13.7 Å². The summed E-state index contributed by atoms with van der Waals surface area (Å²) >= 11 is 0. The van der Waals surface area contributed by atoms with Crippen LogP contribution < -0.4 is 5.32 Å².